The van der Waals surface area contributed by atoms with Crippen molar-refractivity contribution >= 4 is 5.91 Å². The zero-order valence-corrected chi connectivity index (χ0v) is 11.4. The van der Waals surface area contributed by atoms with Gasteiger partial charge in [0.1, 0.15) is 5.82 Å². The number of hydrogen-bond acceptors (Lipinski definition) is 5. The summed E-state index contributed by atoms with van der Waals surface area (Å²) in [6.07, 6.45) is 3.29. The third-order valence-corrected chi connectivity index (χ3v) is 2.87. The Bertz CT molecular complexity index is 789. The van der Waals surface area contributed by atoms with E-state index in [4.69, 9.17) is 4.42 Å². The Kier molecular flexibility index (Phi) is 3.86. The number of aromatic nitrogens is 3. The molecule has 110 valence electrons. The molecule has 1 N–H and O–H groups in total. The topological polar surface area (TPSA) is 80.9 Å². The van der Waals surface area contributed by atoms with Crippen LogP contribution in [0.15, 0.2) is 53.2 Å². The Morgan fingerprint density at radius 1 is 1.23 bits per heavy atom. The van der Waals surface area contributed by atoms with E-state index in [1.165, 1.54) is 18.2 Å². The second-order valence-electron chi connectivity index (χ2n) is 4.47. The van der Waals surface area contributed by atoms with Gasteiger partial charge in [-0.25, -0.2) is 4.39 Å². The van der Waals surface area contributed by atoms with Gasteiger partial charge in [-0.1, -0.05) is 12.1 Å². The van der Waals surface area contributed by atoms with Crippen LogP contribution in [0, 0.1) is 5.82 Å². The van der Waals surface area contributed by atoms with Crippen LogP contribution in [0.1, 0.15) is 16.2 Å². The number of hydrogen-bond donors (Lipinski definition) is 1. The van der Waals surface area contributed by atoms with Crippen molar-refractivity contribution in [2.24, 2.45) is 0 Å². The summed E-state index contributed by atoms with van der Waals surface area (Å²) < 4.78 is 18.4. The van der Waals surface area contributed by atoms with E-state index in [1.807, 2.05) is 6.07 Å². The second-order valence-corrected chi connectivity index (χ2v) is 4.47. The molecule has 0 unspecified atom stereocenters. The largest absolute Gasteiger partial charge is 0.412 e. The normalized spacial score (nSPS) is 10.4. The van der Waals surface area contributed by atoms with Crippen LogP contribution in [0.5, 0.6) is 0 Å². The summed E-state index contributed by atoms with van der Waals surface area (Å²) in [5.41, 5.74) is 1.26. The lowest BCUT2D eigenvalue weighted by Gasteiger charge is -2.01. The Labute approximate surface area is 125 Å². The lowest BCUT2D eigenvalue weighted by Crippen LogP contribution is -2.23. The summed E-state index contributed by atoms with van der Waals surface area (Å²) in [5, 5.41) is 10.1. The smallest absolute Gasteiger partial charge is 0.309 e. The van der Waals surface area contributed by atoms with Gasteiger partial charge >= 0.3 is 11.8 Å². The molecule has 2 aromatic heterocycles. The molecule has 3 rings (SSSR count). The quantitative estimate of drug-likeness (QED) is 0.798. The fourth-order valence-electron chi connectivity index (χ4n) is 1.81. The highest BCUT2D eigenvalue weighted by Crippen LogP contribution is 2.18. The summed E-state index contributed by atoms with van der Waals surface area (Å²) in [7, 11) is 0. The van der Waals surface area contributed by atoms with Crippen LogP contribution in [0.3, 0.4) is 0 Å². The molecule has 1 amide bonds. The third kappa shape index (κ3) is 3.14. The molecule has 0 atom stereocenters. The van der Waals surface area contributed by atoms with Gasteiger partial charge in [0.25, 0.3) is 0 Å². The first-order valence-electron chi connectivity index (χ1n) is 6.49. The molecule has 3 aromatic rings. The van der Waals surface area contributed by atoms with E-state index in [2.05, 4.69) is 20.5 Å². The number of benzene rings is 1. The molecule has 0 radical (unpaired) electrons. The molecular formula is C15H11FN4O2. The van der Waals surface area contributed by atoms with Gasteiger partial charge in [-0.05, 0) is 29.8 Å². The van der Waals surface area contributed by atoms with Crippen LogP contribution in [0.4, 0.5) is 4.39 Å². The zero-order valence-electron chi connectivity index (χ0n) is 11.4. The average molecular weight is 298 g/mol. The van der Waals surface area contributed by atoms with Crippen molar-refractivity contribution in [2.45, 2.75) is 6.54 Å². The zero-order chi connectivity index (χ0) is 15.4. The fourth-order valence-corrected chi connectivity index (χ4v) is 1.81. The van der Waals surface area contributed by atoms with Gasteiger partial charge in [-0.2, -0.15) is 0 Å². The van der Waals surface area contributed by atoms with Crippen LogP contribution in [0.25, 0.3) is 11.5 Å². The maximum Gasteiger partial charge on any atom is 0.309 e. The monoisotopic (exact) mass is 298 g/mol. The van der Waals surface area contributed by atoms with E-state index in [1.54, 1.807) is 24.5 Å². The van der Waals surface area contributed by atoms with Crippen molar-refractivity contribution in [2.75, 3.05) is 0 Å². The van der Waals surface area contributed by atoms with Crippen LogP contribution in [-0.4, -0.2) is 21.1 Å². The fraction of sp³-hybridized carbons (Fsp3) is 0.0667. The van der Waals surface area contributed by atoms with Gasteiger partial charge < -0.3 is 9.73 Å². The Morgan fingerprint density at radius 2 is 2.14 bits per heavy atom. The molecule has 7 heteroatoms. The van der Waals surface area contributed by atoms with Crippen LogP contribution < -0.4 is 5.32 Å². The number of pyridine rings is 1. The molecule has 0 aliphatic heterocycles. The van der Waals surface area contributed by atoms with Gasteiger partial charge in [0.2, 0.25) is 5.89 Å². The summed E-state index contributed by atoms with van der Waals surface area (Å²) in [5.74, 6) is -1.01. The first-order valence-corrected chi connectivity index (χ1v) is 6.49. The minimum absolute atomic E-state index is 0.0889. The molecule has 1 aromatic carbocycles. The summed E-state index contributed by atoms with van der Waals surface area (Å²) in [4.78, 5) is 15.9. The number of carbonyl (C=O) groups is 1. The highest BCUT2D eigenvalue weighted by atomic mass is 19.1. The standard InChI is InChI=1S/C15H11FN4O2/c16-12-5-1-4-11(7-12)14-19-20-15(22-14)13(21)18-9-10-3-2-6-17-8-10/h1-8H,9H2,(H,18,21). The van der Waals surface area contributed by atoms with E-state index in [0.717, 1.165) is 5.56 Å². The number of carbonyl (C=O) groups excluding carboxylic acids is 1. The molecule has 0 spiro atoms. The van der Waals surface area contributed by atoms with Gasteiger partial charge in [0.15, 0.2) is 0 Å². The van der Waals surface area contributed by atoms with Crippen LogP contribution in [-0.2, 0) is 6.54 Å². The summed E-state index contributed by atoms with van der Waals surface area (Å²) in [6.45, 7) is 0.296. The molecule has 22 heavy (non-hydrogen) atoms. The minimum atomic E-state index is -0.501. The average Bonchev–Trinajstić information content (AvgIpc) is 3.04. The Balaban J connectivity index is 1.69. The molecule has 0 saturated carbocycles. The molecule has 0 bridgehead atoms. The maximum absolute atomic E-state index is 13.2. The van der Waals surface area contributed by atoms with Crippen LogP contribution >= 0.6 is 0 Å². The molecule has 0 aliphatic rings. The Morgan fingerprint density at radius 3 is 2.91 bits per heavy atom. The number of amides is 1. The van der Waals surface area contributed by atoms with E-state index >= 15 is 0 Å². The lowest BCUT2D eigenvalue weighted by atomic mass is 10.2. The van der Waals surface area contributed by atoms with Crippen molar-refractivity contribution in [3.63, 3.8) is 0 Å². The van der Waals surface area contributed by atoms with Gasteiger partial charge in [0.05, 0.1) is 0 Å². The maximum atomic E-state index is 13.2. The summed E-state index contributed by atoms with van der Waals surface area (Å²) >= 11 is 0. The predicted molar refractivity (Wildman–Crippen MR) is 75.1 cm³/mol. The van der Waals surface area contributed by atoms with E-state index in [0.29, 0.717) is 12.1 Å². The van der Waals surface area contributed by atoms with Crippen molar-refractivity contribution in [1.82, 2.24) is 20.5 Å². The lowest BCUT2D eigenvalue weighted by molar-refractivity contribution is 0.0917. The number of nitrogens with one attached hydrogen (secondary N) is 1. The van der Waals surface area contributed by atoms with Gasteiger partial charge in [0, 0.05) is 24.5 Å². The Hall–Kier alpha value is -3.09. The molecule has 0 fully saturated rings. The van der Waals surface area contributed by atoms with Crippen molar-refractivity contribution in [3.05, 3.63) is 66.1 Å². The predicted octanol–water partition coefficient (Wildman–Crippen LogP) is 2.20. The molecular weight excluding hydrogens is 287 g/mol. The van der Waals surface area contributed by atoms with E-state index in [9.17, 15) is 9.18 Å². The first kappa shape index (κ1) is 13.9. The first-order chi connectivity index (χ1) is 10.7. The molecule has 0 saturated heterocycles. The number of nitrogens with zero attached hydrogens (tertiary/aromatic N) is 3. The SMILES string of the molecule is O=C(NCc1cccnc1)c1nnc(-c2cccc(F)c2)o1. The molecule has 6 nitrogen and oxygen atoms in total. The van der Waals surface area contributed by atoms with Gasteiger partial charge in [-0.15, -0.1) is 10.2 Å². The van der Waals surface area contributed by atoms with Crippen molar-refractivity contribution in [1.29, 1.82) is 0 Å². The van der Waals surface area contributed by atoms with Crippen LogP contribution in [0.2, 0.25) is 0 Å². The third-order valence-electron chi connectivity index (χ3n) is 2.87. The van der Waals surface area contributed by atoms with Gasteiger partial charge in [-0.3, -0.25) is 9.78 Å². The molecule has 2 heterocycles. The van der Waals surface area contributed by atoms with E-state index in [-0.39, 0.29) is 11.8 Å². The van der Waals surface area contributed by atoms with Crippen molar-refractivity contribution < 1.29 is 13.6 Å². The van der Waals surface area contributed by atoms with Crippen molar-refractivity contribution in [3.8, 4) is 11.5 Å². The highest BCUT2D eigenvalue weighted by molar-refractivity contribution is 5.89. The summed E-state index contributed by atoms with van der Waals surface area (Å²) in [6, 6.07) is 9.31. The number of rotatable bonds is 4. The van der Waals surface area contributed by atoms with E-state index < -0.39 is 11.7 Å². The minimum Gasteiger partial charge on any atom is -0.412 e. The highest BCUT2D eigenvalue weighted by Gasteiger charge is 2.15. The molecule has 0 aliphatic carbocycles. The number of halogens is 1. The second kappa shape index (κ2) is 6.13.